The first-order chi connectivity index (χ1) is 20.0. The van der Waals surface area contributed by atoms with Crippen molar-refractivity contribution in [1.29, 1.82) is 0 Å². The first kappa shape index (κ1) is 31.1. The van der Waals surface area contributed by atoms with Crippen LogP contribution in [0.15, 0.2) is 53.5 Å². The summed E-state index contributed by atoms with van der Waals surface area (Å²) in [4.78, 5) is 11.8. The fourth-order valence-electron chi connectivity index (χ4n) is 4.69. The summed E-state index contributed by atoms with van der Waals surface area (Å²) in [6, 6.07) is 16.3. The number of anilines is 3. The smallest absolute Gasteiger partial charge is 0.261 e. The Morgan fingerprint density at radius 2 is 1.76 bits per heavy atom. The van der Waals surface area contributed by atoms with Crippen molar-refractivity contribution in [3.05, 3.63) is 59.7 Å². The fourth-order valence-corrected chi connectivity index (χ4v) is 4.69. The fraction of sp³-hybridized carbons (Fsp3) is 0.400. The van der Waals surface area contributed by atoms with E-state index in [0.717, 1.165) is 47.2 Å². The van der Waals surface area contributed by atoms with Crippen molar-refractivity contribution in [2.45, 2.75) is 26.2 Å². The highest BCUT2D eigenvalue weighted by molar-refractivity contribution is 7.85. The lowest BCUT2D eigenvalue weighted by Gasteiger charge is -2.29. The van der Waals surface area contributed by atoms with E-state index in [-0.39, 0.29) is 0 Å². The second kappa shape index (κ2) is 13.9. The molecule has 2 aromatic carbocycles. The van der Waals surface area contributed by atoms with E-state index in [1.807, 2.05) is 24.3 Å². The van der Waals surface area contributed by atoms with Gasteiger partial charge in [0.25, 0.3) is 10.1 Å². The third-order valence-electron chi connectivity index (χ3n) is 6.94. The Morgan fingerprint density at radius 3 is 2.45 bits per heavy atom. The third kappa shape index (κ3) is 8.57. The van der Waals surface area contributed by atoms with Crippen LogP contribution in [0, 0.1) is 0 Å². The van der Waals surface area contributed by atoms with Crippen molar-refractivity contribution in [3.8, 4) is 17.4 Å². The van der Waals surface area contributed by atoms with Gasteiger partial charge >= 0.3 is 0 Å². The van der Waals surface area contributed by atoms with E-state index < -0.39 is 10.1 Å². The van der Waals surface area contributed by atoms with Crippen LogP contribution >= 0.6 is 0 Å². The third-order valence-corrected chi connectivity index (χ3v) is 6.94. The molecule has 1 atom stereocenters. The summed E-state index contributed by atoms with van der Waals surface area (Å²) < 4.78 is 48.3. The number of methoxy groups -OCH3 is 2. The van der Waals surface area contributed by atoms with Gasteiger partial charge in [0.15, 0.2) is 11.5 Å². The van der Waals surface area contributed by atoms with Crippen LogP contribution in [0.4, 0.5) is 22.9 Å². The van der Waals surface area contributed by atoms with Crippen LogP contribution < -0.4 is 24.4 Å². The normalized spacial score (nSPS) is 16.1. The highest BCUT2D eigenvalue weighted by Crippen LogP contribution is 2.38. The number of morpholine rings is 1. The van der Waals surface area contributed by atoms with Crippen LogP contribution in [0.25, 0.3) is 0 Å². The molecule has 1 aromatic heterocycles. The summed E-state index contributed by atoms with van der Waals surface area (Å²) in [5, 5.41) is 3.47. The quantitative estimate of drug-likeness (QED) is 0.324. The summed E-state index contributed by atoms with van der Waals surface area (Å²) in [6.45, 7) is 7.84. The van der Waals surface area contributed by atoms with E-state index in [1.54, 1.807) is 14.2 Å². The van der Waals surface area contributed by atoms with Gasteiger partial charge in [0.05, 0.1) is 46.0 Å². The number of hydrogen-bond acceptors (Lipinski definition) is 10. The zero-order chi connectivity index (χ0) is 30.3. The molecular weight excluding hydrogens is 560 g/mol. The molecule has 2 aliphatic rings. The number of benzene rings is 2. The molecule has 226 valence electrons. The molecule has 0 spiro atoms. The molecule has 42 heavy (non-hydrogen) atoms. The summed E-state index contributed by atoms with van der Waals surface area (Å²) >= 11 is 0. The van der Waals surface area contributed by atoms with Gasteiger partial charge in [-0.25, -0.2) is 0 Å². The molecule has 12 heteroatoms. The van der Waals surface area contributed by atoms with Gasteiger partial charge in [-0.1, -0.05) is 19.1 Å². The Kier molecular flexibility index (Phi) is 10.3. The lowest BCUT2D eigenvalue weighted by atomic mass is 9.99. The van der Waals surface area contributed by atoms with Gasteiger partial charge in [-0.3, -0.25) is 9.55 Å². The van der Waals surface area contributed by atoms with Crippen LogP contribution in [-0.4, -0.2) is 77.1 Å². The zero-order valence-corrected chi connectivity index (χ0v) is 25.4. The molecule has 0 bridgehead atoms. The number of hydrogen-bond donors (Lipinski definition) is 2. The Bertz CT molecular complexity index is 1510. The Morgan fingerprint density at radius 1 is 1.05 bits per heavy atom. The highest BCUT2D eigenvalue weighted by Gasteiger charge is 2.20. The average molecular weight is 599 g/mol. The molecule has 3 aromatic rings. The Balaban J connectivity index is 0.000000748. The average Bonchev–Trinajstić information content (AvgIpc) is 3.24. The standard InChI is InChI=1S/C29H34N4O4.CH4O3S/c1-19-20(2)30-25-16-22(6-7-24(19)25)31-28-17-23(33-10-13-36-14-11-33)18-29(32-28)37-12-9-21-5-8-26(34-3)27(15-21)35-4;1-5(2,3)4/h5-8,15-19H,9-14H2,1-4H3,(H,31,32);1H3,(H,2,3,4). The molecule has 0 amide bonds. The molecule has 5 rings (SSSR count). The molecule has 11 nitrogen and oxygen atoms in total. The second-order valence-electron chi connectivity index (χ2n) is 10.0. The number of aliphatic imine (C=N–C) groups is 1. The first-order valence-corrected chi connectivity index (χ1v) is 15.5. The van der Waals surface area contributed by atoms with Gasteiger partial charge in [0.2, 0.25) is 5.88 Å². The second-order valence-corrected chi connectivity index (χ2v) is 11.5. The number of pyridine rings is 1. The van der Waals surface area contributed by atoms with Crippen LogP contribution in [0.5, 0.6) is 17.4 Å². The van der Waals surface area contributed by atoms with Crippen LogP contribution in [0.2, 0.25) is 0 Å². The number of fused-ring (bicyclic) bond motifs is 1. The SMILES string of the molecule is COc1ccc(CCOc2cc(N3CCOCC3)cc(Nc3ccc4c(c3)N=C(C)C4C)n2)cc1OC.CS(=O)(=O)O. The molecule has 0 radical (unpaired) electrons. The molecule has 0 saturated carbocycles. The minimum absolute atomic E-state index is 0.359. The lowest BCUT2D eigenvalue weighted by Crippen LogP contribution is -2.36. The van der Waals surface area contributed by atoms with Crippen LogP contribution in [-0.2, 0) is 21.3 Å². The molecule has 3 heterocycles. The Labute approximate surface area is 247 Å². The maximum Gasteiger partial charge on any atom is 0.261 e. The largest absolute Gasteiger partial charge is 0.493 e. The molecule has 2 N–H and O–H groups in total. The first-order valence-electron chi connectivity index (χ1n) is 13.6. The number of aromatic nitrogens is 1. The summed E-state index contributed by atoms with van der Waals surface area (Å²) in [7, 11) is -0.389. The van der Waals surface area contributed by atoms with E-state index in [1.165, 1.54) is 5.56 Å². The molecule has 1 saturated heterocycles. The highest BCUT2D eigenvalue weighted by atomic mass is 32.2. The van der Waals surface area contributed by atoms with Gasteiger partial charge in [-0.2, -0.15) is 13.4 Å². The minimum Gasteiger partial charge on any atom is -0.493 e. The Hall–Kier alpha value is -3.87. The topological polar surface area (TPSA) is 132 Å². The summed E-state index contributed by atoms with van der Waals surface area (Å²) in [6.07, 6.45) is 1.43. The zero-order valence-electron chi connectivity index (χ0n) is 24.6. The van der Waals surface area contributed by atoms with E-state index >= 15 is 0 Å². The van der Waals surface area contributed by atoms with Gasteiger partial charge in [-0.15, -0.1) is 0 Å². The maximum atomic E-state index is 9.19. The van der Waals surface area contributed by atoms with E-state index in [4.69, 9.17) is 33.5 Å². The van der Waals surface area contributed by atoms with Crippen molar-refractivity contribution >= 4 is 38.7 Å². The van der Waals surface area contributed by atoms with Gasteiger partial charge in [0, 0.05) is 54.6 Å². The van der Waals surface area contributed by atoms with Crippen LogP contribution in [0.1, 0.15) is 30.9 Å². The molecule has 1 unspecified atom stereocenters. The molecule has 0 aliphatic carbocycles. The van der Waals surface area contributed by atoms with E-state index in [9.17, 15) is 8.42 Å². The summed E-state index contributed by atoms with van der Waals surface area (Å²) in [5.41, 5.74) is 6.54. The lowest BCUT2D eigenvalue weighted by molar-refractivity contribution is 0.122. The number of rotatable bonds is 9. The van der Waals surface area contributed by atoms with E-state index in [2.05, 4.69) is 48.3 Å². The van der Waals surface area contributed by atoms with Gasteiger partial charge < -0.3 is 29.2 Å². The van der Waals surface area contributed by atoms with E-state index in [0.29, 0.717) is 55.8 Å². The van der Waals surface area contributed by atoms with Crippen molar-refractivity contribution in [3.63, 3.8) is 0 Å². The predicted octanol–water partition coefficient (Wildman–Crippen LogP) is 5.01. The minimum atomic E-state index is -3.67. The van der Waals surface area contributed by atoms with Crippen molar-refractivity contribution < 1.29 is 31.9 Å². The van der Waals surface area contributed by atoms with Crippen molar-refractivity contribution in [2.75, 3.05) is 63.6 Å². The van der Waals surface area contributed by atoms with Crippen molar-refractivity contribution in [2.24, 2.45) is 4.99 Å². The van der Waals surface area contributed by atoms with Crippen LogP contribution in [0.3, 0.4) is 0 Å². The molecule has 2 aliphatic heterocycles. The maximum absolute atomic E-state index is 9.19. The van der Waals surface area contributed by atoms with Gasteiger partial charge in [-0.05, 0) is 42.3 Å². The number of nitrogens with one attached hydrogen (secondary N) is 1. The number of nitrogens with zero attached hydrogens (tertiary/aromatic N) is 3. The molecular formula is C30H38N4O7S. The molecule has 1 fully saturated rings. The number of ether oxygens (including phenoxy) is 4. The monoisotopic (exact) mass is 598 g/mol. The summed E-state index contributed by atoms with van der Waals surface area (Å²) in [5.74, 6) is 3.09. The van der Waals surface area contributed by atoms with Gasteiger partial charge in [0.1, 0.15) is 5.82 Å². The predicted molar refractivity (Wildman–Crippen MR) is 164 cm³/mol. The van der Waals surface area contributed by atoms with Crippen molar-refractivity contribution in [1.82, 2.24) is 4.98 Å².